The SMILES string of the molecule is COc1cc(OC)nc(SCC(=O)N/N=C/c2ccc(N(C)C)cc2)n1. The van der Waals surface area contributed by atoms with Crippen molar-refractivity contribution in [3.05, 3.63) is 35.9 Å². The largest absolute Gasteiger partial charge is 0.481 e. The van der Waals surface area contributed by atoms with Crippen LogP contribution in [0.15, 0.2) is 40.6 Å². The zero-order valence-corrected chi connectivity index (χ0v) is 15.9. The Balaban J connectivity index is 1.85. The standard InChI is InChI=1S/C17H21N5O3S/c1-22(2)13-7-5-12(6-8-13)10-18-21-14(23)11-26-17-19-15(24-3)9-16(20-17)25-4/h5-10H,11H2,1-4H3,(H,21,23)/b18-10+. The second kappa shape index (κ2) is 9.62. The maximum atomic E-state index is 11.9. The quantitative estimate of drug-likeness (QED) is 0.326. The van der Waals surface area contributed by atoms with Crippen molar-refractivity contribution in [3.63, 3.8) is 0 Å². The monoisotopic (exact) mass is 375 g/mol. The molecule has 0 bridgehead atoms. The van der Waals surface area contributed by atoms with Gasteiger partial charge in [-0.15, -0.1) is 0 Å². The molecular formula is C17H21N5O3S. The highest BCUT2D eigenvalue weighted by molar-refractivity contribution is 7.99. The fourth-order valence-corrected chi connectivity index (χ4v) is 2.49. The van der Waals surface area contributed by atoms with Crippen LogP contribution in [0.25, 0.3) is 0 Å². The van der Waals surface area contributed by atoms with E-state index in [1.54, 1.807) is 12.3 Å². The first-order valence-electron chi connectivity index (χ1n) is 7.71. The molecule has 0 radical (unpaired) electrons. The van der Waals surface area contributed by atoms with Gasteiger partial charge in [0.05, 0.1) is 32.3 Å². The van der Waals surface area contributed by atoms with Gasteiger partial charge < -0.3 is 14.4 Å². The topological polar surface area (TPSA) is 88.9 Å². The molecule has 0 unspecified atom stereocenters. The molecule has 2 rings (SSSR count). The predicted octanol–water partition coefficient (Wildman–Crippen LogP) is 1.80. The molecule has 0 aliphatic carbocycles. The Morgan fingerprint density at radius 3 is 2.35 bits per heavy atom. The molecule has 26 heavy (non-hydrogen) atoms. The van der Waals surface area contributed by atoms with Crippen LogP contribution in [0.4, 0.5) is 5.69 Å². The lowest BCUT2D eigenvalue weighted by atomic mass is 10.2. The Morgan fingerprint density at radius 1 is 1.19 bits per heavy atom. The molecule has 9 heteroatoms. The summed E-state index contributed by atoms with van der Waals surface area (Å²) in [5.74, 6) is 0.604. The number of nitrogens with zero attached hydrogens (tertiary/aromatic N) is 4. The number of carbonyl (C=O) groups excluding carboxylic acids is 1. The number of thioether (sulfide) groups is 1. The molecule has 0 aliphatic heterocycles. The number of rotatable bonds is 8. The van der Waals surface area contributed by atoms with Crippen LogP contribution < -0.4 is 19.8 Å². The first kappa shape index (κ1) is 19.5. The van der Waals surface area contributed by atoms with Crippen molar-refractivity contribution >= 4 is 29.6 Å². The minimum Gasteiger partial charge on any atom is -0.481 e. The fourth-order valence-electron chi connectivity index (χ4n) is 1.86. The van der Waals surface area contributed by atoms with Gasteiger partial charge in [-0.2, -0.15) is 15.1 Å². The number of methoxy groups -OCH3 is 2. The molecule has 0 aliphatic rings. The van der Waals surface area contributed by atoms with Gasteiger partial charge in [0.15, 0.2) is 5.16 Å². The van der Waals surface area contributed by atoms with Crippen LogP contribution in [0.1, 0.15) is 5.56 Å². The highest BCUT2D eigenvalue weighted by Gasteiger charge is 2.08. The van der Waals surface area contributed by atoms with E-state index in [2.05, 4.69) is 20.5 Å². The summed E-state index contributed by atoms with van der Waals surface area (Å²) < 4.78 is 10.1. The number of benzene rings is 1. The molecule has 0 fully saturated rings. The smallest absolute Gasteiger partial charge is 0.250 e. The van der Waals surface area contributed by atoms with Gasteiger partial charge in [0.1, 0.15) is 0 Å². The second-order valence-corrected chi connectivity index (χ2v) is 6.25. The molecule has 1 amide bonds. The zero-order chi connectivity index (χ0) is 18.9. The Hall–Kier alpha value is -2.81. The van der Waals surface area contributed by atoms with Gasteiger partial charge in [-0.1, -0.05) is 23.9 Å². The maximum Gasteiger partial charge on any atom is 0.250 e. The van der Waals surface area contributed by atoms with Gasteiger partial charge in [0, 0.05) is 19.8 Å². The molecular weight excluding hydrogens is 354 g/mol. The van der Waals surface area contributed by atoms with Crippen LogP contribution in [-0.2, 0) is 4.79 Å². The van der Waals surface area contributed by atoms with Crippen molar-refractivity contribution < 1.29 is 14.3 Å². The first-order chi connectivity index (χ1) is 12.5. The van der Waals surface area contributed by atoms with Crippen molar-refractivity contribution in [3.8, 4) is 11.8 Å². The molecule has 1 heterocycles. The molecule has 0 atom stereocenters. The number of hydrogen-bond donors (Lipinski definition) is 1. The van der Waals surface area contributed by atoms with Crippen LogP contribution in [0, 0.1) is 0 Å². The van der Waals surface area contributed by atoms with Gasteiger partial charge in [-0.25, -0.2) is 5.43 Å². The minimum absolute atomic E-state index is 0.118. The summed E-state index contributed by atoms with van der Waals surface area (Å²) in [6.45, 7) is 0. The lowest BCUT2D eigenvalue weighted by Gasteiger charge is -2.11. The van der Waals surface area contributed by atoms with Gasteiger partial charge >= 0.3 is 0 Å². The van der Waals surface area contributed by atoms with Crippen LogP contribution in [0.2, 0.25) is 0 Å². The first-order valence-corrected chi connectivity index (χ1v) is 8.69. The lowest BCUT2D eigenvalue weighted by Crippen LogP contribution is -2.19. The van der Waals surface area contributed by atoms with Gasteiger partial charge in [-0.05, 0) is 17.7 Å². The normalized spacial score (nSPS) is 10.6. The number of aromatic nitrogens is 2. The van der Waals surface area contributed by atoms with Crippen molar-refractivity contribution in [2.45, 2.75) is 5.16 Å². The number of anilines is 1. The average Bonchev–Trinajstić information content (AvgIpc) is 2.66. The van der Waals surface area contributed by atoms with Crippen LogP contribution in [0.3, 0.4) is 0 Å². The van der Waals surface area contributed by atoms with Crippen LogP contribution in [-0.4, -0.2) is 56.2 Å². The Labute approximate surface area is 156 Å². The van der Waals surface area contributed by atoms with E-state index in [4.69, 9.17) is 9.47 Å². The van der Waals surface area contributed by atoms with Crippen molar-refractivity contribution in [1.29, 1.82) is 0 Å². The lowest BCUT2D eigenvalue weighted by molar-refractivity contribution is -0.118. The molecule has 2 aromatic rings. The summed E-state index contributed by atoms with van der Waals surface area (Å²) >= 11 is 1.17. The third kappa shape index (κ3) is 5.92. The van der Waals surface area contributed by atoms with E-state index < -0.39 is 0 Å². The number of hydrazone groups is 1. The van der Waals surface area contributed by atoms with Crippen molar-refractivity contribution in [1.82, 2.24) is 15.4 Å². The third-order valence-electron chi connectivity index (χ3n) is 3.22. The fraction of sp³-hybridized carbons (Fsp3) is 0.294. The number of nitrogens with one attached hydrogen (secondary N) is 1. The number of amides is 1. The molecule has 138 valence electrons. The Bertz CT molecular complexity index is 743. The molecule has 1 aromatic carbocycles. The summed E-state index contributed by atoms with van der Waals surface area (Å²) in [6, 6.07) is 9.38. The second-order valence-electron chi connectivity index (χ2n) is 5.30. The van der Waals surface area contributed by atoms with Gasteiger partial charge in [-0.3, -0.25) is 4.79 Å². The Morgan fingerprint density at radius 2 is 1.81 bits per heavy atom. The molecule has 1 N–H and O–H groups in total. The summed E-state index contributed by atoms with van der Waals surface area (Å²) in [5, 5.41) is 4.34. The zero-order valence-electron chi connectivity index (χ0n) is 15.1. The molecule has 0 saturated carbocycles. The van der Waals surface area contributed by atoms with E-state index in [9.17, 15) is 4.79 Å². The van der Waals surface area contributed by atoms with Crippen molar-refractivity contribution in [2.75, 3.05) is 39.0 Å². The average molecular weight is 375 g/mol. The van der Waals surface area contributed by atoms with Gasteiger partial charge in [0.2, 0.25) is 11.8 Å². The minimum atomic E-state index is -0.262. The van der Waals surface area contributed by atoms with E-state index in [1.165, 1.54) is 26.0 Å². The maximum absolute atomic E-state index is 11.9. The third-order valence-corrected chi connectivity index (χ3v) is 4.07. The van der Waals surface area contributed by atoms with Crippen molar-refractivity contribution in [2.24, 2.45) is 5.10 Å². The van der Waals surface area contributed by atoms with E-state index in [-0.39, 0.29) is 11.7 Å². The summed E-state index contributed by atoms with van der Waals surface area (Å²) in [4.78, 5) is 22.2. The molecule has 8 nitrogen and oxygen atoms in total. The van der Waals surface area contributed by atoms with E-state index in [0.29, 0.717) is 16.9 Å². The van der Waals surface area contributed by atoms with Gasteiger partial charge in [0.25, 0.3) is 5.91 Å². The number of ether oxygens (including phenoxy) is 2. The van der Waals surface area contributed by atoms with E-state index in [0.717, 1.165) is 11.3 Å². The highest BCUT2D eigenvalue weighted by Crippen LogP contribution is 2.21. The highest BCUT2D eigenvalue weighted by atomic mass is 32.2. The molecule has 1 aromatic heterocycles. The van der Waals surface area contributed by atoms with E-state index in [1.807, 2.05) is 43.3 Å². The molecule has 0 saturated heterocycles. The summed E-state index contributed by atoms with van der Waals surface area (Å²) in [7, 11) is 6.96. The van der Waals surface area contributed by atoms with Crippen LogP contribution in [0.5, 0.6) is 11.8 Å². The van der Waals surface area contributed by atoms with E-state index >= 15 is 0 Å². The summed E-state index contributed by atoms with van der Waals surface area (Å²) in [6.07, 6.45) is 1.59. The summed E-state index contributed by atoms with van der Waals surface area (Å²) in [5.41, 5.74) is 4.46. The Kier molecular flexibility index (Phi) is 7.22. The number of carbonyl (C=O) groups is 1. The van der Waals surface area contributed by atoms with Crippen LogP contribution >= 0.6 is 11.8 Å². The number of hydrogen-bond acceptors (Lipinski definition) is 8. The molecule has 0 spiro atoms. The predicted molar refractivity (Wildman–Crippen MR) is 102 cm³/mol.